The summed E-state index contributed by atoms with van der Waals surface area (Å²) >= 11 is 7.51. The summed E-state index contributed by atoms with van der Waals surface area (Å²) < 4.78 is 5.28. The van der Waals surface area contributed by atoms with E-state index in [-0.39, 0.29) is 5.91 Å². The first-order chi connectivity index (χ1) is 14.1. The van der Waals surface area contributed by atoms with E-state index in [2.05, 4.69) is 15.0 Å². The number of aromatic nitrogens is 2. The Hall–Kier alpha value is -2.51. The smallest absolute Gasteiger partial charge is 0.255 e. The van der Waals surface area contributed by atoms with Crippen LogP contribution in [0.1, 0.15) is 21.8 Å². The molecular formula is C21H21ClN4O2S. The zero-order valence-corrected chi connectivity index (χ0v) is 17.6. The van der Waals surface area contributed by atoms with E-state index in [0.29, 0.717) is 23.9 Å². The summed E-state index contributed by atoms with van der Waals surface area (Å²) in [6.45, 7) is 4.70. The molecule has 1 aliphatic heterocycles. The number of nitrogens with zero attached hydrogens (tertiary/aromatic N) is 4. The van der Waals surface area contributed by atoms with Gasteiger partial charge in [0, 0.05) is 43.3 Å². The van der Waals surface area contributed by atoms with E-state index in [0.717, 1.165) is 40.8 Å². The Balaban J connectivity index is 1.40. The highest BCUT2D eigenvalue weighted by Gasteiger charge is 2.24. The van der Waals surface area contributed by atoms with Crippen LogP contribution in [0.3, 0.4) is 0 Å². The minimum Gasteiger partial charge on any atom is -0.360 e. The van der Waals surface area contributed by atoms with Gasteiger partial charge < -0.3 is 14.3 Å². The first-order valence-corrected chi connectivity index (χ1v) is 10.8. The lowest BCUT2D eigenvalue weighted by atomic mass is 10.2. The van der Waals surface area contributed by atoms with Gasteiger partial charge in [-0.3, -0.25) is 4.79 Å². The standard InChI is InChI=1S/C21H21ClN4O2S/c1-15-12-17(28-24-15)14-29-19-5-3-2-4-18(19)21(27)26-10-8-25(9-11-26)20-7-6-16(22)13-23-20/h2-7,12-13H,8-11,14H2,1H3. The van der Waals surface area contributed by atoms with Crippen molar-refractivity contribution in [2.45, 2.75) is 17.6 Å². The van der Waals surface area contributed by atoms with Crippen LogP contribution in [0.25, 0.3) is 0 Å². The van der Waals surface area contributed by atoms with Crippen molar-refractivity contribution < 1.29 is 9.32 Å². The number of piperazine rings is 1. The van der Waals surface area contributed by atoms with Crippen LogP contribution in [-0.4, -0.2) is 47.1 Å². The average Bonchev–Trinajstić information content (AvgIpc) is 3.18. The molecule has 0 unspecified atom stereocenters. The number of anilines is 1. The maximum atomic E-state index is 13.1. The zero-order chi connectivity index (χ0) is 20.2. The molecule has 1 saturated heterocycles. The number of carbonyl (C=O) groups is 1. The predicted molar refractivity (Wildman–Crippen MR) is 115 cm³/mol. The van der Waals surface area contributed by atoms with Crippen molar-refractivity contribution in [3.8, 4) is 0 Å². The van der Waals surface area contributed by atoms with E-state index < -0.39 is 0 Å². The molecule has 0 atom stereocenters. The van der Waals surface area contributed by atoms with Gasteiger partial charge in [0.05, 0.1) is 22.0 Å². The van der Waals surface area contributed by atoms with Crippen molar-refractivity contribution in [1.29, 1.82) is 0 Å². The summed E-state index contributed by atoms with van der Waals surface area (Å²) in [5.41, 5.74) is 1.59. The van der Waals surface area contributed by atoms with E-state index in [1.165, 1.54) is 0 Å². The molecule has 0 N–H and O–H groups in total. The number of carbonyl (C=O) groups excluding carboxylic acids is 1. The molecule has 8 heteroatoms. The second-order valence-corrected chi connectivity index (χ2v) is 8.29. The fourth-order valence-electron chi connectivity index (χ4n) is 3.27. The lowest BCUT2D eigenvalue weighted by molar-refractivity contribution is 0.0743. The summed E-state index contributed by atoms with van der Waals surface area (Å²) in [6.07, 6.45) is 1.65. The lowest BCUT2D eigenvalue weighted by Gasteiger charge is -2.35. The van der Waals surface area contributed by atoms with Crippen molar-refractivity contribution in [2.24, 2.45) is 0 Å². The third-order valence-corrected chi connectivity index (χ3v) is 6.09. The molecule has 0 aliphatic carbocycles. The Labute approximate surface area is 178 Å². The molecule has 3 heterocycles. The van der Waals surface area contributed by atoms with Gasteiger partial charge in [0.15, 0.2) is 0 Å². The van der Waals surface area contributed by atoms with Crippen LogP contribution in [0, 0.1) is 6.92 Å². The predicted octanol–water partition coefficient (Wildman–Crippen LogP) is 4.29. The summed E-state index contributed by atoms with van der Waals surface area (Å²) in [7, 11) is 0. The van der Waals surface area contributed by atoms with Crippen LogP contribution in [0.2, 0.25) is 5.02 Å². The van der Waals surface area contributed by atoms with Gasteiger partial charge in [0.2, 0.25) is 0 Å². The molecule has 3 aromatic rings. The number of rotatable bonds is 5. The van der Waals surface area contributed by atoms with Gasteiger partial charge in [-0.2, -0.15) is 0 Å². The Morgan fingerprint density at radius 2 is 1.97 bits per heavy atom. The van der Waals surface area contributed by atoms with Crippen LogP contribution in [0.4, 0.5) is 5.82 Å². The minimum atomic E-state index is 0.0607. The van der Waals surface area contributed by atoms with Crippen molar-refractivity contribution >= 4 is 35.1 Å². The number of benzene rings is 1. The number of halogens is 1. The second-order valence-electron chi connectivity index (χ2n) is 6.83. The Kier molecular flexibility index (Phi) is 6.06. The highest BCUT2D eigenvalue weighted by molar-refractivity contribution is 7.98. The van der Waals surface area contributed by atoms with Crippen LogP contribution in [0.15, 0.2) is 58.1 Å². The van der Waals surface area contributed by atoms with E-state index in [1.807, 2.05) is 54.3 Å². The molecule has 150 valence electrons. The molecule has 0 spiro atoms. The molecule has 6 nitrogen and oxygen atoms in total. The summed E-state index contributed by atoms with van der Waals surface area (Å²) in [5.74, 6) is 2.39. The fraction of sp³-hybridized carbons (Fsp3) is 0.286. The van der Waals surface area contributed by atoms with Crippen LogP contribution >= 0.6 is 23.4 Å². The third-order valence-electron chi connectivity index (χ3n) is 4.77. The third kappa shape index (κ3) is 4.74. The van der Waals surface area contributed by atoms with E-state index in [9.17, 15) is 4.79 Å². The van der Waals surface area contributed by atoms with Crippen molar-refractivity contribution in [1.82, 2.24) is 15.0 Å². The molecular weight excluding hydrogens is 408 g/mol. The fourth-order valence-corrected chi connectivity index (χ4v) is 4.30. The van der Waals surface area contributed by atoms with Crippen molar-refractivity contribution in [2.75, 3.05) is 31.1 Å². The zero-order valence-electron chi connectivity index (χ0n) is 16.0. The van der Waals surface area contributed by atoms with Gasteiger partial charge in [-0.15, -0.1) is 11.8 Å². The highest BCUT2D eigenvalue weighted by atomic mass is 35.5. The number of amides is 1. The molecule has 0 saturated carbocycles. The number of hydrogen-bond acceptors (Lipinski definition) is 6. The quantitative estimate of drug-likeness (QED) is 0.565. The van der Waals surface area contributed by atoms with Gasteiger partial charge >= 0.3 is 0 Å². The summed E-state index contributed by atoms with van der Waals surface area (Å²) in [6, 6.07) is 13.4. The van der Waals surface area contributed by atoms with Gasteiger partial charge in [0.1, 0.15) is 11.6 Å². The average molecular weight is 429 g/mol. The maximum Gasteiger partial charge on any atom is 0.255 e. The Morgan fingerprint density at radius 3 is 2.66 bits per heavy atom. The lowest BCUT2D eigenvalue weighted by Crippen LogP contribution is -2.49. The van der Waals surface area contributed by atoms with Gasteiger partial charge in [-0.05, 0) is 31.2 Å². The normalized spacial score (nSPS) is 14.3. The minimum absolute atomic E-state index is 0.0607. The van der Waals surface area contributed by atoms with Crippen LogP contribution in [-0.2, 0) is 5.75 Å². The molecule has 1 amide bonds. The van der Waals surface area contributed by atoms with Gasteiger partial charge in [-0.1, -0.05) is 28.9 Å². The monoisotopic (exact) mass is 428 g/mol. The maximum absolute atomic E-state index is 13.1. The Morgan fingerprint density at radius 1 is 1.17 bits per heavy atom. The first-order valence-electron chi connectivity index (χ1n) is 9.40. The van der Waals surface area contributed by atoms with Crippen molar-refractivity contribution in [3.63, 3.8) is 0 Å². The number of thioether (sulfide) groups is 1. The molecule has 1 aliphatic rings. The number of aryl methyl sites for hydroxylation is 1. The molecule has 0 bridgehead atoms. The summed E-state index contributed by atoms with van der Waals surface area (Å²) in [4.78, 5) is 22.6. The molecule has 1 fully saturated rings. The molecule has 1 aromatic carbocycles. The largest absolute Gasteiger partial charge is 0.360 e. The number of pyridine rings is 1. The van der Waals surface area contributed by atoms with Gasteiger partial charge in [0.25, 0.3) is 5.91 Å². The van der Waals surface area contributed by atoms with E-state index in [1.54, 1.807) is 18.0 Å². The number of hydrogen-bond donors (Lipinski definition) is 0. The highest BCUT2D eigenvalue weighted by Crippen LogP contribution is 2.28. The summed E-state index contributed by atoms with van der Waals surface area (Å²) in [5, 5.41) is 4.54. The van der Waals surface area contributed by atoms with Crippen LogP contribution < -0.4 is 4.90 Å². The Bertz CT molecular complexity index is 984. The van der Waals surface area contributed by atoms with Crippen molar-refractivity contribution in [3.05, 3.63) is 70.7 Å². The van der Waals surface area contributed by atoms with E-state index >= 15 is 0 Å². The second kappa shape index (κ2) is 8.88. The molecule has 4 rings (SSSR count). The van der Waals surface area contributed by atoms with E-state index in [4.69, 9.17) is 16.1 Å². The SMILES string of the molecule is Cc1cc(CSc2ccccc2C(=O)N2CCN(c3ccc(Cl)cn3)CC2)on1. The first kappa shape index (κ1) is 19.8. The topological polar surface area (TPSA) is 62.5 Å². The molecule has 2 aromatic heterocycles. The molecule has 29 heavy (non-hydrogen) atoms. The molecule has 0 radical (unpaired) electrons. The van der Waals surface area contributed by atoms with Gasteiger partial charge in [-0.25, -0.2) is 4.98 Å². The van der Waals surface area contributed by atoms with Crippen LogP contribution in [0.5, 0.6) is 0 Å².